The Morgan fingerprint density at radius 1 is 1.35 bits per heavy atom. The SMILES string of the molecule is Cc1ccc(NC(=O)N2C3CCC2CC(O)C3)cc1Cl. The second-order valence-corrected chi connectivity index (χ2v) is 6.22. The lowest BCUT2D eigenvalue weighted by molar-refractivity contribution is 0.0580. The van der Waals surface area contributed by atoms with Crippen LogP contribution in [0.25, 0.3) is 0 Å². The number of anilines is 1. The van der Waals surface area contributed by atoms with Gasteiger partial charge in [0.25, 0.3) is 0 Å². The summed E-state index contributed by atoms with van der Waals surface area (Å²) in [5, 5.41) is 13.3. The molecule has 2 bridgehead atoms. The highest BCUT2D eigenvalue weighted by Gasteiger charge is 2.42. The highest BCUT2D eigenvalue weighted by Crippen LogP contribution is 2.36. The average Bonchev–Trinajstić information content (AvgIpc) is 2.66. The zero-order chi connectivity index (χ0) is 14.3. The summed E-state index contributed by atoms with van der Waals surface area (Å²) in [5.74, 6) is 0. The maximum atomic E-state index is 12.4. The Hall–Kier alpha value is -1.26. The number of nitrogens with zero attached hydrogens (tertiary/aromatic N) is 1. The van der Waals surface area contributed by atoms with E-state index in [1.165, 1.54) is 0 Å². The molecule has 1 aromatic carbocycles. The number of benzene rings is 1. The Kier molecular flexibility index (Phi) is 3.61. The molecule has 2 fully saturated rings. The Balaban J connectivity index is 1.72. The molecular weight excluding hydrogens is 276 g/mol. The van der Waals surface area contributed by atoms with Crippen molar-refractivity contribution in [1.29, 1.82) is 0 Å². The van der Waals surface area contributed by atoms with E-state index in [-0.39, 0.29) is 24.2 Å². The molecule has 2 unspecified atom stereocenters. The molecule has 3 rings (SSSR count). The Morgan fingerprint density at radius 2 is 2.00 bits per heavy atom. The molecule has 2 atom stereocenters. The molecule has 0 radical (unpaired) electrons. The van der Waals surface area contributed by atoms with Crippen LogP contribution < -0.4 is 5.32 Å². The third kappa shape index (κ3) is 2.50. The number of piperidine rings is 1. The van der Waals surface area contributed by atoms with Crippen LogP contribution in [0, 0.1) is 6.92 Å². The van der Waals surface area contributed by atoms with Crippen LogP contribution in [0.3, 0.4) is 0 Å². The van der Waals surface area contributed by atoms with Gasteiger partial charge in [0.05, 0.1) is 6.10 Å². The van der Waals surface area contributed by atoms with Crippen molar-refractivity contribution in [2.45, 2.75) is 50.8 Å². The molecule has 2 saturated heterocycles. The molecule has 2 N–H and O–H groups in total. The first kappa shape index (κ1) is 13.7. The van der Waals surface area contributed by atoms with E-state index in [0.29, 0.717) is 17.9 Å². The van der Waals surface area contributed by atoms with Gasteiger partial charge in [-0.1, -0.05) is 17.7 Å². The zero-order valence-electron chi connectivity index (χ0n) is 11.5. The Bertz CT molecular complexity index is 521. The van der Waals surface area contributed by atoms with Crippen molar-refractivity contribution in [2.75, 3.05) is 5.32 Å². The normalized spacial score (nSPS) is 28.6. The van der Waals surface area contributed by atoms with Crippen LogP contribution in [0.4, 0.5) is 10.5 Å². The van der Waals surface area contributed by atoms with Crippen LogP contribution in [0.5, 0.6) is 0 Å². The smallest absolute Gasteiger partial charge is 0.322 e. The number of fused-ring (bicyclic) bond motifs is 2. The highest BCUT2D eigenvalue weighted by atomic mass is 35.5. The molecule has 2 heterocycles. The number of carbonyl (C=O) groups is 1. The number of halogens is 1. The molecule has 108 valence electrons. The van der Waals surface area contributed by atoms with Gasteiger partial charge < -0.3 is 15.3 Å². The lowest BCUT2D eigenvalue weighted by Gasteiger charge is -2.37. The van der Waals surface area contributed by atoms with E-state index in [1.54, 1.807) is 6.07 Å². The topological polar surface area (TPSA) is 52.6 Å². The first-order chi connectivity index (χ1) is 9.54. The molecule has 0 saturated carbocycles. The maximum absolute atomic E-state index is 12.4. The van der Waals surface area contributed by atoms with Gasteiger partial charge >= 0.3 is 6.03 Å². The first-order valence-electron chi connectivity index (χ1n) is 7.08. The van der Waals surface area contributed by atoms with Crippen LogP contribution in [0.1, 0.15) is 31.2 Å². The fraction of sp³-hybridized carbons (Fsp3) is 0.533. The number of hydrogen-bond acceptors (Lipinski definition) is 2. The number of amides is 2. The fourth-order valence-corrected chi connectivity index (χ4v) is 3.52. The van der Waals surface area contributed by atoms with Gasteiger partial charge in [0.15, 0.2) is 0 Å². The van der Waals surface area contributed by atoms with E-state index in [9.17, 15) is 9.90 Å². The largest absolute Gasteiger partial charge is 0.393 e. The van der Waals surface area contributed by atoms with Gasteiger partial charge in [0, 0.05) is 22.8 Å². The van der Waals surface area contributed by atoms with Crippen molar-refractivity contribution in [1.82, 2.24) is 4.90 Å². The second-order valence-electron chi connectivity index (χ2n) is 5.81. The van der Waals surface area contributed by atoms with E-state index >= 15 is 0 Å². The summed E-state index contributed by atoms with van der Waals surface area (Å²) < 4.78 is 0. The fourth-order valence-electron chi connectivity index (χ4n) is 3.34. The van der Waals surface area contributed by atoms with Crippen LogP contribution in [-0.4, -0.2) is 34.2 Å². The summed E-state index contributed by atoms with van der Waals surface area (Å²) in [6.07, 6.45) is 3.11. The minimum Gasteiger partial charge on any atom is -0.393 e. The van der Waals surface area contributed by atoms with Gasteiger partial charge in [-0.3, -0.25) is 0 Å². The van der Waals surface area contributed by atoms with Crippen LogP contribution in [0.15, 0.2) is 18.2 Å². The quantitative estimate of drug-likeness (QED) is 0.836. The van der Waals surface area contributed by atoms with Crippen molar-refractivity contribution in [3.8, 4) is 0 Å². The zero-order valence-corrected chi connectivity index (χ0v) is 12.2. The van der Waals surface area contributed by atoms with E-state index in [1.807, 2.05) is 24.0 Å². The summed E-state index contributed by atoms with van der Waals surface area (Å²) in [6, 6.07) is 5.79. The van der Waals surface area contributed by atoms with Crippen molar-refractivity contribution in [3.63, 3.8) is 0 Å². The molecule has 20 heavy (non-hydrogen) atoms. The van der Waals surface area contributed by atoms with Crippen LogP contribution >= 0.6 is 11.6 Å². The minimum atomic E-state index is -0.259. The third-order valence-corrected chi connectivity index (χ3v) is 4.77. The van der Waals surface area contributed by atoms with Gasteiger partial charge in [0.2, 0.25) is 0 Å². The number of hydrogen-bond donors (Lipinski definition) is 2. The molecule has 4 nitrogen and oxygen atoms in total. The van der Waals surface area contributed by atoms with Crippen molar-refractivity contribution >= 4 is 23.3 Å². The van der Waals surface area contributed by atoms with E-state index in [4.69, 9.17) is 11.6 Å². The van der Waals surface area contributed by atoms with Gasteiger partial charge in [-0.25, -0.2) is 4.79 Å². The van der Waals surface area contributed by atoms with Crippen molar-refractivity contribution in [2.24, 2.45) is 0 Å². The van der Waals surface area contributed by atoms with Crippen molar-refractivity contribution in [3.05, 3.63) is 28.8 Å². The third-order valence-electron chi connectivity index (χ3n) is 4.37. The van der Waals surface area contributed by atoms with Gasteiger partial charge in [-0.2, -0.15) is 0 Å². The molecule has 2 amide bonds. The van der Waals surface area contributed by atoms with Crippen LogP contribution in [0.2, 0.25) is 5.02 Å². The monoisotopic (exact) mass is 294 g/mol. The molecule has 2 aliphatic heterocycles. The number of aliphatic hydroxyl groups excluding tert-OH is 1. The number of carbonyl (C=O) groups excluding carboxylic acids is 1. The van der Waals surface area contributed by atoms with Crippen LogP contribution in [-0.2, 0) is 0 Å². The predicted molar refractivity (Wildman–Crippen MR) is 79.1 cm³/mol. The lowest BCUT2D eigenvalue weighted by Crippen LogP contribution is -2.49. The number of aryl methyl sites for hydroxylation is 1. The molecule has 1 aromatic rings. The predicted octanol–water partition coefficient (Wildman–Crippen LogP) is 3.17. The van der Waals surface area contributed by atoms with Crippen molar-refractivity contribution < 1.29 is 9.90 Å². The number of aliphatic hydroxyl groups is 1. The standard InChI is InChI=1S/C15H19ClN2O2/c1-9-2-3-10(6-14(9)16)17-15(20)18-11-4-5-12(18)8-13(19)7-11/h2-3,6,11-13,19H,4-5,7-8H2,1H3,(H,17,20). The Morgan fingerprint density at radius 3 is 2.60 bits per heavy atom. The average molecular weight is 295 g/mol. The summed E-state index contributed by atoms with van der Waals surface area (Å²) in [6.45, 7) is 1.93. The summed E-state index contributed by atoms with van der Waals surface area (Å²) >= 11 is 6.07. The van der Waals surface area contributed by atoms with E-state index in [0.717, 1.165) is 24.1 Å². The number of nitrogens with one attached hydrogen (secondary N) is 1. The molecule has 0 aromatic heterocycles. The molecule has 0 spiro atoms. The Labute approximate surface area is 123 Å². The molecule has 2 aliphatic rings. The lowest BCUT2D eigenvalue weighted by atomic mass is 10.0. The minimum absolute atomic E-state index is 0.0793. The number of urea groups is 1. The summed E-state index contributed by atoms with van der Waals surface area (Å²) in [4.78, 5) is 14.3. The molecule has 0 aliphatic carbocycles. The summed E-state index contributed by atoms with van der Waals surface area (Å²) in [5.41, 5.74) is 1.71. The van der Waals surface area contributed by atoms with E-state index in [2.05, 4.69) is 5.32 Å². The van der Waals surface area contributed by atoms with E-state index < -0.39 is 0 Å². The van der Waals surface area contributed by atoms with Gasteiger partial charge in [-0.05, 0) is 50.3 Å². The number of rotatable bonds is 1. The first-order valence-corrected chi connectivity index (χ1v) is 7.46. The van der Waals surface area contributed by atoms with Gasteiger partial charge in [0.1, 0.15) is 0 Å². The second kappa shape index (κ2) is 5.26. The molecule has 5 heteroatoms. The molecular formula is C15H19ClN2O2. The summed E-state index contributed by atoms with van der Waals surface area (Å²) in [7, 11) is 0. The maximum Gasteiger partial charge on any atom is 0.322 e. The van der Waals surface area contributed by atoms with Gasteiger partial charge in [-0.15, -0.1) is 0 Å². The highest BCUT2D eigenvalue weighted by molar-refractivity contribution is 6.31.